The highest BCUT2D eigenvalue weighted by Crippen LogP contribution is 2.28. The molecule has 0 radical (unpaired) electrons. The molecule has 9 heteroatoms. The van der Waals surface area contributed by atoms with E-state index in [0.29, 0.717) is 36.5 Å². The molecule has 2 heterocycles. The molecule has 1 aromatic heterocycles. The van der Waals surface area contributed by atoms with Crippen molar-refractivity contribution in [1.29, 1.82) is 0 Å². The van der Waals surface area contributed by atoms with Crippen molar-refractivity contribution in [3.05, 3.63) is 63.8 Å². The fourth-order valence-electron chi connectivity index (χ4n) is 3.24. The van der Waals surface area contributed by atoms with Gasteiger partial charge in [-0.05, 0) is 37.0 Å². The summed E-state index contributed by atoms with van der Waals surface area (Å²) in [4.78, 5) is 42.5. The molecule has 2 aromatic rings. The number of hydrogen-bond donors (Lipinski definition) is 1. The van der Waals surface area contributed by atoms with Crippen LogP contribution in [0, 0.1) is 12.8 Å². The Bertz CT molecular complexity index is 1020. The maximum Gasteiger partial charge on any atom is 0.309 e. The molecular formula is C23H23Cl2N3O4. The Hall–Kier alpha value is -2.90. The van der Waals surface area contributed by atoms with Gasteiger partial charge in [-0.2, -0.15) is 0 Å². The Morgan fingerprint density at radius 2 is 1.88 bits per heavy atom. The van der Waals surface area contributed by atoms with E-state index >= 15 is 0 Å². The van der Waals surface area contributed by atoms with Gasteiger partial charge in [0, 0.05) is 25.4 Å². The van der Waals surface area contributed by atoms with Gasteiger partial charge in [-0.1, -0.05) is 53.5 Å². The van der Waals surface area contributed by atoms with Crippen molar-refractivity contribution in [2.24, 2.45) is 5.92 Å². The van der Waals surface area contributed by atoms with Crippen molar-refractivity contribution in [3.8, 4) is 0 Å². The minimum atomic E-state index is -0.548. The highest BCUT2D eigenvalue weighted by atomic mass is 35.5. The zero-order valence-electron chi connectivity index (χ0n) is 17.5. The van der Waals surface area contributed by atoms with Crippen molar-refractivity contribution in [3.63, 3.8) is 0 Å². The summed E-state index contributed by atoms with van der Waals surface area (Å²) in [7, 11) is 0. The van der Waals surface area contributed by atoms with Crippen LogP contribution in [-0.2, 0) is 19.1 Å². The fraction of sp³-hybridized carbons (Fsp3) is 0.304. The number of esters is 1. The zero-order chi connectivity index (χ0) is 23.1. The van der Waals surface area contributed by atoms with Crippen molar-refractivity contribution >= 4 is 52.9 Å². The molecule has 7 nitrogen and oxygen atoms in total. The van der Waals surface area contributed by atoms with Gasteiger partial charge < -0.3 is 15.0 Å². The van der Waals surface area contributed by atoms with Crippen LogP contribution < -0.4 is 5.32 Å². The Morgan fingerprint density at radius 1 is 1.19 bits per heavy atom. The fourth-order valence-corrected chi connectivity index (χ4v) is 3.63. The minimum absolute atomic E-state index is 0.0947. The van der Waals surface area contributed by atoms with Gasteiger partial charge in [-0.15, -0.1) is 0 Å². The van der Waals surface area contributed by atoms with E-state index in [4.69, 9.17) is 27.9 Å². The van der Waals surface area contributed by atoms with Gasteiger partial charge >= 0.3 is 5.97 Å². The topological polar surface area (TPSA) is 88.6 Å². The number of anilines is 1. The lowest BCUT2D eigenvalue weighted by atomic mass is 9.97. The number of nitrogens with zero attached hydrogens (tertiary/aromatic N) is 2. The molecule has 1 aliphatic heterocycles. The molecule has 1 aromatic carbocycles. The summed E-state index contributed by atoms with van der Waals surface area (Å²) in [6, 6.07) is 9.56. The number of nitrogens with one attached hydrogen (secondary N) is 1. The molecule has 1 aliphatic rings. The quantitative estimate of drug-likeness (QED) is 0.501. The van der Waals surface area contributed by atoms with Crippen LogP contribution >= 0.6 is 23.2 Å². The van der Waals surface area contributed by atoms with Gasteiger partial charge in [0.25, 0.3) is 5.91 Å². The third kappa shape index (κ3) is 6.31. The molecule has 1 N–H and O–H groups in total. The van der Waals surface area contributed by atoms with E-state index in [1.165, 1.54) is 12.3 Å². The molecule has 1 saturated heterocycles. The predicted molar refractivity (Wildman–Crippen MR) is 123 cm³/mol. The lowest BCUT2D eigenvalue weighted by Gasteiger charge is -2.30. The van der Waals surface area contributed by atoms with Crippen molar-refractivity contribution < 1.29 is 19.1 Å². The van der Waals surface area contributed by atoms with Crippen LogP contribution in [0.1, 0.15) is 24.0 Å². The maximum absolute atomic E-state index is 12.4. The van der Waals surface area contributed by atoms with Crippen LogP contribution in [0.4, 0.5) is 5.82 Å². The number of carbonyl (C=O) groups is 3. The smallest absolute Gasteiger partial charge is 0.309 e. The number of carbonyl (C=O) groups excluding carboxylic acids is 3. The Kier molecular flexibility index (Phi) is 8.25. The first-order chi connectivity index (χ1) is 15.3. The first-order valence-corrected chi connectivity index (χ1v) is 10.9. The summed E-state index contributed by atoms with van der Waals surface area (Å²) in [6.45, 7) is 2.16. The molecule has 2 amide bonds. The van der Waals surface area contributed by atoms with Crippen LogP contribution in [-0.4, -0.2) is 47.4 Å². The average Bonchev–Trinajstić information content (AvgIpc) is 2.82. The molecule has 3 rings (SSSR count). The number of pyridine rings is 1. The largest absolute Gasteiger partial charge is 0.455 e. The number of likely N-dealkylation sites (tertiary alicyclic amines) is 1. The number of amides is 2. The molecule has 0 spiro atoms. The van der Waals surface area contributed by atoms with Gasteiger partial charge in [0.2, 0.25) is 5.91 Å². The molecule has 0 bridgehead atoms. The number of piperidine rings is 1. The molecule has 1 fully saturated rings. The zero-order valence-corrected chi connectivity index (χ0v) is 19.0. The summed E-state index contributed by atoms with van der Waals surface area (Å²) < 4.78 is 5.15. The SMILES string of the molecule is Cc1c(Cl)cnc(NC(=O)COC(=O)C2CCN(C(=O)/C=C/c3ccccc3)CC2)c1Cl. The molecular weight excluding hydrogens is 453 g/mol. The standard InChI is InChI=1S/C23H23Cl2N3O4/c1-15-18(24)13-26-22(21(15)25)27-19(29)14-32-23(31)17-9-11-28(12-10-17)20(30)8-7-16-5-3-2-4-6-16/h2-8,13,17H,9-12,14H2,1H3,(H,26,27,29)/b8-7+. The average molecular weight is 476 g/mol. The van der Waals surface area contributed by atoms with E-state index in [1.54, 1.807) is 17.9 Å². The highest BCUT2D eigenvalue weighted by molar-refractivity contribution is 6.37. The molecule has 0 atom stereocenters. The number of hydrogen-bond acceptors (Lipinski definition) is 5. The summed E-state index contributed by atoms with van der Waals surface area (Å²) in [5.41, 5.74) is 1.54. The monoisotopic (exact) mass is 475 g/mol. The third-order valence-corrected chi connectivity index (χ3v) is 6.01. The van der Waals surface area contributed by atoms with Crippen LogP contribution in [0.25, 0.3) is 6.08 Å². The maximum atomic E-state index is 12.4. The van der Waals surface area contributed by atoms with E-state index < -0.39 is 18.5 Å². The molecule has 0 unspecified atom stereocenters. The second-order valence-electron chi connectivity index (χ2n) is 7.39. The number of benzene rings is 1. The Morgan fingerprint density at radius 3 is 2.56 bits per heavy atom. The lowest BCUT2D eigenvalue weighted by Crippen LogP contribution is -2.40. The molecule has 0 saturated carbocycles. The summed E-state index contributed by atoms with van der Waals surface area (Å²) in [5.74, 6) is -1.30. The third-order valence-electron chi connectivity index (χ3n) is 5.16. The number of halogens is 2. The van der Waals surface area contributed by atoms with Crippen LogP contribution in [0.3, 0.4) is 0 Å². The molecule has 168 valence electrons. The summed E-state index contributed by atoms with van der Waals surface area (Å²) in [6.07, 6.45) is 5.65. The number of ether oxygens (including phenoxy) is 1. The van der Waals surface area contributed by atoms with E-state index in [1.807, 2.05) is 30.3 Å². The number of aromatic nitrogens is 1. The van der Waals surface area contributed by atoms with E-state index in [0.717, 1.165) is 5.56 Å². The van der Waals surface area contributed by atoms with Gasteiger partial charge in [0.05, 0.1) is 16.0 Å². The first kappa shape index (κ1) is 23.8. The van der Waals surface area contributed by atoms with Crippen molar-refractivity contribution in [2.45, 2.75) is 19.8 Å². The van der Waals surface area contributed by atoms with Crippen LogP contribution in [0.2, 0.25) is 10.0 Å². The first-order valence-electron chi connectivity index (χ1n) is 10.1. The second-order valence-corrected chi connectivity index (χ2v) is 8.18. The van der Waals surface area contributed by atoms with Crippen molar-refractivity contribution in [1.82, 2.24) is 9.88 Å². The normalized spacial score (nSPS) is 14.4. The van der Waals surface area contributed by atoms with Gasteiger partial charge in [-0.25, -0.2) is 4.98 Å². The Labute approximate surface area is 196 Å². The number of rotatable bonds is 6. The molecule has 0 aliphatic carbocycles. The Balaban J connectivity index is 1.42. The van der Waals surface area contributed by atoms with E-state index in [9.17, 15) is 14.4 Å². The van der Waals surface area contributed by atoms with Gasteiger partial charge in [-0.3, -0.25) is 14.4 Å². The van der Waals surface area contributed by atoms with Crippen LogP contribution in [0.5, 0.6) is 0 Å². The van der Waals surface area contributed by atoms with Gasteiger partial charge in [0.1, 0.15) is 0 Å². The summed E-state index contributed by atoms with van der Waals surface area (Å²) in [5, 5.41) is 3.13. The summed E-state index contributed by atoms with van der Waals surface area (Å²) >= 11 is 12.0. The predicted octanol–water partition coefficient (Wildman–Crippen LogP) is 4.13. The van der Waals surface area contributed by atoms with Gasteiger partial charge in [0.15, 0.2) is 12.4 Å². The highest BCUT2D eigenvalue weighted by Gasteiger charge is 2.28. The second kappa shape index (κ2) is 11.1. The van der Waals surface area contributed by atoms with Crippen molar-refractivity contribution in [2.75, 3.05) is 25.0 Å². The lowest BCUT2D eigenvalue weighted by molar-refractivity contribution is -0.153. The van der Waals surface area contributed by atoms with E-state index in [2.05, 4.69) is 10.3 Å². The van der Waals surface area contributed by atoms with Crippen LogP contribution in [0.15, 0.2) is 42.6 Å². The molecule has 32 heavy (non-hydrogen) atoms. The van der Waals surface area contributed by atoms with E-state index in [-0.39, 0.29) is 22.7 Å². The minimum Gasteiger partial charge on any atom is -0.455 e.